The van der Waals surface area contributed by atoms with Crippen LogP contribution in [-0.4, -0.2) is 9.13 Å². The molecule has 0 radical (unpaired) electrons. The third kappa shape index (κ3) is 9.35. The van der Waals surface area contributed by atoms with E-state index in [-0.39, 0.29) is 5.41 Å². The summed E-state index contributed by atoms with van der Waals surface area (Å²) in [5, 5.41) is 6.96. The van der Waals surface area contributed by atoms with Gasteiger partial charge >= 0.3 is 0 Å². The van der Waals surface area contributed by atoms with Crippen molar-refractivity contribution in [3.05, 3.63) is 357 Å². The van der Waals surface area contributed by atoms with Crippen LogP contribution in [0.2, 0.25) is 0 Å². The average Bonchev–Trinajstić information content (AvgIpc) is 1.70. The molecule has 97 heavy (non-hydrogen) atoms. The molecule has 4 heteroatoms. The van der Waals surface area contributed by atoms with E-state index in [2.05, 4.69) is 374 Å². The van der Waals surface area contributed by atoms with E-state index in [1.165, 1.54) is 88.6 Å². The Balaban J connectivity index is 0.750. The van der Waals surface area contributed by atoms with Crippen LogP contribution in [0.5, 0.6) is 0 Å². The van der Waals surface area contributed by atoms with Crippen molar-refractivity contribution in [2.24, 2.45) is 0 Å². The van der Waals surface area contributed by atoms with Gasteiger partial charge < -0.3 is 18.5 Å². The summed E-state index contributed by atoms with van der Waals surface area (Å²) < 4.78 is 11.8. The fourth-order valence-corrected chi connectivity index (χ4v) is 15.7. The summed E-state index contributed by atoms with van der Waals surface area (Å²) >= 11 is 0. The summed E-state index contributed by atoms with van der Waals surface area (Å²) in [6.07, 6.45) is 0. The Morgan fingerprint density at radius 1 is 0.216 bits per heavy atom. The molecule has 15 aromatic carbocycles. The molecule has 4 nitrogen and oxygen atoms in total. The fourth-order valence-electron chi connectivity index (χ4n) is 15.7. The van der Waals surface area contributed by atoms with Crippen LogP contribution in [0.3, 0.4) is 0 Å². The topological polar surface area (TPSA) is 26.2 Å². The van der Waals surface area contributed by atoms with Crippen molar-refractivity contribution in [3.63, 3.8) is 0 Å². The second-order valence-corrected chi connectivity index (χ2v) is 26.5. The highest BCUT2D eigenvalue weighted by Crippen LogP contribution is 2.55. The SMILES string of the molecule is CC1(C)c2ccccc2N(c2cc(-c3ccccc3)cc(-c3ccccc3)c2)c2cc3c4ccccc4n(-c4cc(-c5ccccc5)cc(-c5cccc(-c6ccc7oc8cc9c(cc8c7c6)c6ccccc6n9-c6cc(-c7ccccc7)cc(-c7ccccc7)c6)c5)c4)c3cc21. The number of fused-ring (bicyclic) bond motifs is 11. The van der Waals surface area contributed by atoms with Crippen LogP contribution < -0.4 is 4.90 Å². The lowest BCUT2D eigenvalue weighted by Crippen LogP contribution is -2.30. The number of nitrogens with zero attached hydrogens (tertiary/aromatic N) is 3. The maximum atomic E-state index is 6.89. The van der Waals surface area contributed by atoms with Gasteiger partial charge in [-0.15, -0.1) is 0 Å². The van der Waals surface area contributed by atoms with Gasteiger partial charge in [-0.05, 0) is 198 Å². The zero-order valence-electron chi connectivity index (χ0n) is 53.7. The second-order valence-electron chi connectivity index (χ2n) is 26.5. The molecule has 19 rings (SSSR count). The Bertz CT molecular complexity index is 6020. The van der Waals surface area contributed by atoms with Gasteiger partial charge in [0, 0.05) is 60.9 Å². The normalized spacial score (nSPS) is 12.7. The van der Waals surface area contributed by atoms with E-state index < -0.39 is 0 Å². The first-order valence-corrected chi connectivity index (χ1v) is 33.5. The lowest BCUT2D eigenvalue weighted by atomic mass is 9.73. The maximum absolute atomic E-state index is 6.89. The Morgan fingerprint density at radius 3 is 1.11 bits per heavy atom. The summed E-state index contributed by atoms with van der Waals surface area (Å²) in [5.41, 5.74) is 30.4. The molecule has 4 heterocycles. The molecule has 0 saturated heterocycles. The Kier molecular flexibility index (Phi) is 12.9. The zero-order chi connectivity index (χ0) is 64.3. The van der Waals surface area contributed by atoms with Crippen molar-refractivity contribution in [2.45, 2.75) is 19.3 Å². The van der Waals surface area contributed by atoms with Gasteiger partial charge in [-0.25, -0.2) is 0 Å². The molecule has 0 fully saturated rings. The Labute approximate surface area is 563 Å². The number of hydrogen-bond donors (Lipinski definition) is 0. The van der Waals surface area contributed by atoms with E-state index in [0.29, 0.717) is 0 Å². The monoisotopic (exact) mass is 1240 g/mol. The van der Waals surface area contributed by atoms with Crippen molar-refractivity contribution in [1.29, 1.82) is 0 Å². The predicted molar refractivity (Wildman–Crippen MR) is 407 cm³/mol. The molecule has 0 N–H and O–H groups in total. The average molecular weight is 1240 g/mol. The molecule has 18 aromatic rings. The maximum Gasteiger partial charge on any atom is 0.137 e. The molecule has 0 amide bonds. The number of hydrogen-bond acceptors (Lipinski definition) is 2. The van der Waals surface area contributed by atoms with Gasteiger partial charge in [0.1, 0.15) is 11.2 Å². The van der Waals surface area contributed by atoms with Crippen LogP contribution in [0.1, 0.15) is 25.0 Å². The summed E-state index contributed by atoms with van der Waals surface area (Å²) in [6, 6.07) is 127. The standard InChI is InChI=1S/C93H63N3O/c1-93(2)83-39-20-23-42-87(83)96(76-52-70(62-29-12-5-13-30-62)47-71(53-76)63-31-14-6-15-32-63)90-57-80-78-38-19-22-41-86(78)94(88(80)58-84(90)93)75-51-72(64-33-16-7-17-34-64)48-73(54-75)66-36-24-35-65(45-66)67-43-44-91-81(55-67)82-56-79-77-37-18-21-40-85(77)95(89(79)59-92(82)97-91)74-49-68(60-25-8-3-9-26-60)46-69(50-74)61-27-10-4-11-28-61/h3-59H,1-2H3. The van der Waals surface area contributed by atoms with Gasteiger partial charge in [-0.2, -0.15) is 0 Å². The minimum atomic E-state index is -0.350. The highest BCUT2D eigenvalue weighted by Gasteiger charge is 2.38. The second kappa shape index (κ2) is 22.3. The van der Waals surface area contributed by atoms with Crippen LogP contribution in [0, 0.1) is 0 Å². The van der Waals surface area contributed by atoms with Crippen molar-refractivity contribution >= 4 is 82.6 Å². The van der Waals surface area contributed by atoms with Crippen molar-refractivity contribution in [1.82, 2.24) is 9.13 Å². The van der Waals surface area contributed by atoms with Gasteiger partial charge in [0.2, 0.25) is 0 Å². The van der Waals surface area contributed by atoms with Crippen molar-refractivity contribution in [2.75, 3.05) is 4.90 Å². The van der Waals surface area contributed by atoms with E-state index in [0.717, 1.165) is 94.4 Å². The zero-order valence-corrected chi connectivity index (χ0v) is 53.7. The molecule has 0 bridgehead atoms. The van der Waals surface area contributed by atoms with Gasteiger partial charge in [-0.1, -0.05) is 244 Å². The molecule has 0 spiro atoms. The van der Waals surface area contributed by atoms with E-state index in [4.69, 9.17) is 4.42 Å². The highest BCUT2D eigenvalue weighted by atomic mass is 16.3. The summed E-state index contributed by atoms with van der Waals surface area (Å²) in [6.45, 7) is 4.80. The summed E-state index contributed by atoms with van der Waals surface area (Å²) in [5.74, 6) is 0. The third-order valence-electron chi connectivity index (χ3n) is 20.4. The molecule has 0 saturated carbocycles. The molecule has 1 aliphatic rings. The molecular weight excluding hydrogens is 1180 g/mol. The van der Waals surface area contributed by atoms with E-state index in [1.807, 2.05) is 0 Å². The third-order valence-corrected chi connectivity index (χ3v) is 20.4. The first-order valence-electron chi connectivity index (χ1n) is 33.5. The quantitative estimate of drug-likeness (QED) is 0.136. The van der Waals surface area contributed by atoms with Gasteiger partial charge in [0.05, 0.1) is 33.4 Å². The molecule has 0 aliphatic carbocycles. The lowest BCUT2D eigenvalue weighted by molar-refractivity contribution is 0.632. The van der Waals surface area contributed by atoms with Crippen LogP contribution >= 0.6 is 0 Å². The lowest BCUT2D eigenvalue weighted by Gasteiger charge is -2.42. The van der Waals surface area contributed by atoms with Crippen LogP contribution in [0.15, 0.2) is 350 Å². The number of aromatic nitrogens is 2. The Morgan fingerprint density at radius 2 is 0.598 bits per heavy atom. The number of benzene rings is 15. The fraction of sp³-hybridized carbons (Fsp3) is 0.0323. The molecule has 0 unspecified atom stereocenters. The van der Waals surface area contributed by atoms with E-state index in [1.54, 1.807) is 0 Å². The molecule has 456 valence electrons. The first kappa shape index (κ1) is 56.1. The smallest absolute Gasteiger partial charge is 0.137 e. The van der Waals surface area contributed by atoms with Gasteiger partial charge in [0.25, 0.3) is 0 Å². The highest BCUT2D eigenvalue weighted by molar-refractivity contribution is 6.18. The minimum Gasteiger partial charge on any atom is -0.456 e. The van der Waals surface area contributed by atoms with Gasteiger partial charge in [0.15, 0.2) is 0 Å². The molecular formula is C93H63N3O. The number of rotatable bonds is 10. The molecule has 1 aliphatic heterocycles. The van der Waals surface area contributed by atoms with Crippen LogP contribution in [0.25, 0.3) is 155 Å². The minimum absolute atomic E-state index is 0.350. The van der Waals surface area contributed by atoms with Gasteiger partial charge in [-0.3, -0.25) is 0 Å². The number of furan rings is 1. The number of anilines is 3. The molecule has 3 aromatic heterocycles. The predicted octanol–water partition coefficient (Wildman–Crippen LogP) is 25.6. The Hall–Kier alpha value is -12.5. The number of para-hydroxylation sites is 3. The summed E-state index contributed by atoms with van der Waals surface area (Å²) in [4.78, 5) is 2.53. The first-order chi connectivity index (χ1) is 47.8. The summed E-state index contributed by atoms with van der Waals surface area (Å²) in [7, 11) is 0. The largest absolute Gasteiger partial charge is 0.456 e. The van der Waals surface area contributed by atoms with E-state index >= 15 is 0 Å². The molecule has 0 atom stereocenters. The van der Waals surface area contributed by atoms with E-state index in [9.17, 15) is 0 Å². The van der Waals surface area contributed by atoms with Crippen LogP contribution in [0.4, 0.5) is 17.1 Å². The van der Waals surface area contributed by atoms with Crippen LogP contribution in [-0.2, 0) is 5.41 Å². The van der Waals surface area contributed by atoms with Crippen molar-refractivity contribution < 1.29 is 4.42 Å². The van der Waals surface area contributed by atoms with Crippen molar-refractivity contribution in [3.8, 4) is 89.3 Å².